The van der Waals surface area contributed by atoms with E-state index in [1.165, 1.54) is 4.90 Å². The molecule has 0 spiro atoms. The molecule has 0 bridgehead atoms. The van der Waals surface area contributed by atoms with Crippen molar-refractivity contribution in [1.82, 2.24) is 0 Å². The zero-order valence-electron chi connectivity index (χ0n) is 15.9. The lowest BCUT2D eigenvalue weighted by Crippen LogP contribution is -3.19. The van der Waals surface area contributed by atoms with Crippen molar-refractivity contribution in [2.75, 3.05) is 43.0 Å². The molecule has 2 N–H and O–H groups in total. The van der Waals surface area contributed by atoms with Gasteiger partial charge in [-0.05, 0) is 50.2 Å². The molecule has 0 radical (unpaired) electrons. The Kier molecular flexibility index (Phi) is 6.74. The van der Waals surface area contributed by atoms with Gasteiger partial charge in [0.15, 0.2) is 6.04 Å². The number of halogens is 1. The summed E-state index contributed by atoms with van der Waals surface area (Å²) in [4.78, 5) is 16.3. The number of hydrogen-bond donors (Lipinski definition) is 2. The van der Waals surface area contributed by atoms with Gasteiger partial charge < -0.3 is 19.9 Å². The van der Waals surface area contributed by atoms with Crippen LogP contribution in [0.2, 0.25) is 0 Å². The molecular weight excluding hydrogens is 406 g/mol. The molecule has 1 atom stereocenters. The summed E-state index contributed by atoms with van der Waals surface area (Å²) < 4.78 is 6.76. The quantitative estimate of drug-likeness (QED) is 0.737. The average molecular weight is 433 g/mol. The van der Waals surface area contributed by atoms with Crippen LogP contribution in [0.15, 0.2) is 53.0 Å². The zero-order valence-corrected chi connectivity index (χ0v) is 17.5. The molecule has 2 aromatic carbocycles. The Morgan fingerprint density at radius 1 is 1.19 bits per heavy atom. The Morgan fingerprint density at radius 3 is 2.52 bits per heavy atom. The van der Waals surface area contributed by atoms with Crippen LogP contribution in [0.25, 0.3) is 0 Å². The number of hydrogen-bond acceptors (Lipinski definition) is 3. The van der Waals surface area contributed by atoms with Crippen molar-refractivity contribution in [3.05, 3.63) is 53.0 Å². The summed E-state index contributed by atoms with van der Waals surface area (Å²) in [6, 6.07) is 15.8. The van der Waals surface area contributed by atoms with E-state index in [9.17, 15) is 4.79 Å². The summed E-state index contributed by atoms with van der Waals surface area (Å²) >= 11 is 3.41. The molecule has 6 heteroatoms. The van der Waals surface area contributed by atoms with Crippen LogP contribution in [-0.4, -0.2) is 44.7 Å². The van der Waals surface area contributed by atoms with Crippen LogP contribution in [0.1, 0.15) is 13.8 Å². The Bertz CT molecular complexity index is 758. The number of quaternary nitrogens is 1. The van der Waals surface area contributed by atoms with Gasteiger partial charge in [0.25, 0.3) is 5.91 Å². The van der Waals surface area contributed by atoms with Gasteiger partial charge in [-0.2, -0.15) is 0 Å². The third-order valence-electron chi connectivity index (χ3n) is 5.03. The first-order valence-corrected chi connectivity index (χ1v) is 10.3. The number of rotatable bonds is 6. The number of carbonyl (C=O) groups excluding carboxylic acids is 1. The summed E-state index contributed by atoms with van der Waals surface area (Å²) in [6.45, 7) is 8.35. The first kappa shape index (κ1) is 19.7. The van der Waals surface area contributed by atoms with Gasteiger partial charge in [-0.15, -0.1) is 0 Å². The van der Waals surface area contributed by atoms with E-state index >= 15 is 0 Å². The second-order valence-electron chi connectivity index (χ2n) is 6.76. The highest BCUT2D eigenvalue weighted by Crippen LogP contribution is 2.27. The topological polar surface area (TPSA) is 46.0 Å². The number of anilines is 2. The molecule has 27 heavy (non-hydrogen) atoms. The van der Waals surface area contributed by atoms with Gasteiger partial charge in [0.2, 0.25) is 0 Å². The first-order chi connectivity index (χ1) is 13.1. The van der Waals surface area contributed by atoms with E-state index in [-0.39, 0.29) is 11.9 Å². The summed E-state index contributed by atoms with van der Waals surface area (Å²) in [6.07, 6.45) is 0. The van der Waals surface area contributed by atoms with Crippen molar-refractivity contribution in [3.8, 4) is 5.75 Å². The molecule has 1 amide bonds. The van der Waals surface area contributed by atoms with Crippen molar-refractivity contribution < 1.29 is 14.4 Å². The highest BCUT2D eigenvalue weighted by molar-refractivity contribution is 9.10. The Hall–Kier alpha value is -2.05. The van der Waals surface area contributed by atoms with Gasteiger partial charge in [0.1, 0.15) is 5.75 Å². The molecular formula is C21H27BrN3O2+. The highest BCUT2D eigenvalue weighted by Gasteiger charge is 2.30. The Morgan fingerprint density at radius 2 is 1.85 bits per heavy atom. The van der Waals surface area contributed by atoms with Gasteiger partial charge in [0.05, 0.1) is 38.5 Å². The largest absolute Gasteiger partial charge is 0.492 e. The molecule has 1 saturated heterocycles. The van der Waals surface area contributed by atoms with Gasteiger partial charge in [-0.25, -0.2) is 0 Å². The molecule has 1 fully saturated rings. The number of nitrogens with zero attached hydrogens (tertiary/aromatic N) is 1. The van der Waals surface area contributed by atoms with E-state index in [1.54, 1.807) is 0 Å². The molecule has 0 aromatic heterocycles. The van der Waals surface area contributed by atoms with Crippen molar-refractivity contribution in [3.63, 3.8) is 0 Å². The maximum atomic E-state index is 12.6. The molecule has 0 aliphatic carbocycles. The number of carbonyl (C=O) groups is 1. The number of ether oxygens (including phenoxy) is 1. The molecule has 1 heterocycles. The maximum Gasteiger partial charge on any atom is 0.282 e. The zero-order chi connectivity index (χ0) is 19.2. The standard InChI is InChI=1S/C21H26BrN3O2/c1-3-27-20-7-5-4-6-19(20)25-14-12-24(13-15-25)16(2)21(26)23-18-10-8-17(22)9-11-18/h4-11,16H,3,12-15H2,1-2H3,(H,23,26)/p+1/t16-/m0/s1. The summed E-state index contributed by atoms with van der Waals surface area (Å²) in [7, 11) is 0. The van der Waals surface area contributed by atoms with Crippen LogP contribution < -0.4 is 19.9 Å². The Balaban J connectivity index is 1.57. The first-order valence-electron chi connectivity index (χ1n) is 9.46. The van der Waals surface area contributed by atoms with Crippen molar-refractivity contribution in [2.24, 2.45) is 0 Å². The van der Waals surface area contributed by atoms with Crippen molar-refractivity contribution >= 4 is 33.2 Å². The summed E-state index contributed by atoms with van der Waals surface area (Å²) in [5, 5.41) is 3.02. The van der Waals surface area contributed by atoms with Crippen molar-refractivity contribution in [1.29, 1.82) is 0 Å². The van der Waals surface area contributed by atoms with Crippen LogP contribution in [0, 0.1) is 0 Å². The van der Waals surface area contributed by atoms with E-state index in [0.717, 1.165) is 47.8 Å². The predicted octanol–water partition coefficient (Wildman–Crippen LogP) is 2.58. The molecule has 1 aliphatic rings. The van der Waals surface area contributed by atoms with E-state index in [2.05, 4.69) is 32.2 Å². The summed E-state index contributed by atoms with van der Waals surface area (Å²) in [5.41, 5.74) is 1.98. The van der Waals surface area contributed by atoms with Gasteiger partial charge in [-0.1, -0.05) is 28.1 Å². The Labute approximate surface area is 169 Å². The van der Waals surface area contributed by atoms with E-state index in [1.807, 2.05) is 56.3 Å². The molecule has 2 aromatic rings. The van der Waals surface area contributed by atoms with Crippen LogP contribution >= 0.6 is 15.9 Å². The molecule has 3 rings (SSSR count). The lowest BCUT2D eigenvalue weighted by atomic mass is 10.2. The van der Waals surface area contributed by atoms with Gasteiger partial charge >= 0.3 is 0 Å². The lowest BCUT2D eigenvalue weighted by Gasteiger charge is -2.36. The summed E-state index contributed by atoms with van der Waals surface area (Å²) in [5.74, 6) is 1.000. The molecule has 144 valence electrons. The van der Waals surface area contributed by atoms with Crippen LogP contribution in [0.3, 0.4) is 0 Å². The molecule has 0 saturated carbocycles. The van der Waals surface area contributed by atoms with Gasteiger partial charge in [0, 0.05) is 10.2 Å². The molecule has 5 nitrogen and oxygen atoms in total. The number of para-hydroxylation sites is 2. The van der Waals surface area contributed by atoms with Crippen LogP contribution in [-0.2, 0) is 4.79 Å². The highest BCUT2D eigenvalue weighted by atomic mass is 79.9. The van der Waals surface area contributed by atoms with E-state index in [0.29, 0.717) is 6.61 Å². The predicted molar refractivity (Wildman–Crippen MR) is 113 cm³/mol. The molecule has 1 aliphatic heterocycles. The minimum atomic E-state index is -0.0852. The van der Waals surface area contributed by atoms with Crippen LogP contribution in [0.5, 0.6) is 5.75 Å². The normalized spacial score (nSPS) is 16.0. The number of nitrogens with one attached hydrogen (secondary N) is 2. The SMILES string of the molecule is CCOc1ccccc1N1CC[NH+]([C@@H](C)C(=O)Nc2ccc(Br)cc2)CC1. The smallest absolute Gasteiger partial charge is 0.282 e. The van der Waals surface area contributed by atoms with E-state index in [4.69, 9.17) is 4.74 Å². The van der Waals surface area contributed by atoms with E-state index < -0.39 is 0 Å². The average Bonchev–Trinajstić information content (AvgIpc) is 2.70. The number of piperazine rings is 1. The minimum Gasteiger partial charge on any atom is -0.492 e. The second-order valence-corrected chi connectivity index (χ2v) is 7.68. The molecule has 0 unspecified atom stereocenters. The fourth-order valence-electron chi connectivity index (χ4n) is 3.43. The fourth-order valence-corrected chi connectivity index (χ4v) is 3.70. The van der Waals surface area contributed by atoms with Crippen LogP contribution in [0.4, 0.5) is 11.4 Å². The number of amides is 1. The minimum absolute atomic E-state index is 0.0653. The monoisotopic (exact) mass is 432 g/mol. The second kappa shape index (κ2) is 9.24. The maximum absolute atomic E-state index is 12.6. The number of benzene rings is 2. The lowest BCUT2D eigenvalue weighted by molar-refractivity contribution is -0.914. The third-order valence-corrected chi connectivity index (χ3v) is 5.56. The fraction of sp³-hybridized carbons (Fsp3) is 0.381. The van der Waals surface area contributed by atoms with Gasteiger partial charge in [-0.3, -0.25) is 4.79 Å². The van der Waals surface area contributed by atoms with Crippen molar-refractivity contribution in [2.45, 2.75) is 19.9 Å². The third kappa shape index (κ3) is 5.02.